The summed E-state index contributed by atoms with van der Waals surface area (Å²) in [6, 6.07) is 7.39. The topological polar surface area (TPSA) is 135 Å². The third kappa shape index (κ3) is 9.26. The van der Waals surface area contributed by atoms with E-state index in [1.54, 1.807) is 30.8 Å². The first kappa shape index (κ1) is 22.0. The average Bonchev–Trinajstić information content (AvgIpc) is 2.60. The molecule has 0 unspecified atom stereocenters. The molecule has 0 aliphatic carbocycles. The van der Waals surface area contributed by atoms with Crippen molar-refractivity contribution in [1.82, 2.24) is 10.6 Å². The number of amides is 4. The molecule has 0 aliphatic heterocycles. The highest BCUT2D eigenvalue weighted by atomic mass is 32.2. The molecule has 10 nitrogen and oxygen atoms in total. The molecule has 3 N–H and O–H groups in total. The zero-order valence-corrected chi connectivity index (χ0v) is 15.8. The number of hydrogen-bond donors (Lipinski definition) is 3. The van der Waals surface area contributed by atoms with Crippen LogP contribution in [0.4, 0.5) is 15.3 Å². The Balaban J connectivity index is 2.39. The van der Waals surface area contributed by atoms with Crippen molar-refractivity contribution in [3.05, 3.63) is 24.3 Å². The van der Waals surface area contributed by atoms with Crippen LogP contribution in [0.15, 0.2) is 34.3 Å². The molecule has 11 heteroatoms. The van der Waals surface area contributed by atoms with E-state index in [9.17, 15) is 19.2 Å². The summed E-state index contributed by atoms with van der Waals surface area (Å²) in [5.74, 6) is -1.92. The van der Waals surface area contributed by atoms with Crippen LogP contribution in [0.5, 0.6) is 0 Å². The first-order valence-corrected chi connectivity index (χ1v) is 8.99. The monoisotopic (exact) mass is 396 g/mol. The van der Waals surface area contributed by atoms with Crippen LogP contribution in [-0.4, -0.2) is 42.8 Å². The number of thioether (sulfide) groups is 1. The van der Waals surface area contributed by atoms with E-state index < -0.39 is 30.4 Å². The summed E-state index contributed by atoms with van der Waals surface area (Å²) in [5.41, 5.74) is 3.38. The molecule has 0 aromatic heterocycles. The standard InChI is InChI=1S/C16H20N4O6S/c1-4-25-15(23)17-13(21)9-14(22)18-16(24)26-10(2)19-20-11-5-7-12(27-3)8-6-11/h5-8,20H,4,9H2,1-3H3,(H,17,21,23)(H,18,22,24). The van der Waals surface area contributed by atoms with Gasteiger partial charge in [0.15, 0.2) is 0 Å². The van der Waals surface area contributed by atoms with Gasteiger partial charge in [0.2, 0.25) is 17.7 Å². The first-order valence-electron chi connectivity index (χ1n) is 7.76. The van der Waals surface area contributed by atoms with Gasteiger partial charge in [-0.2, -0.15) is 0 Å². The van der Waals surface area contributed by atoms with E-state index in [2.05, 4.69) is 15.3 Å². The Morgan fingerprint density at radius 2 is 1.63 bits per heavy atom. The summed E-state index contributed by atoms with van der Waals surface area (Å²) in [7, 11) is 0. The largest absolute Gasteiger partial charge is 0.450 e. The SMILES string of the molecule is CCOC(=O)NC(=O)CC(=O)NC(=O)OC(C)=NNc1ccc(SC)cc1. The quantitative estimate of drug-likeness (QED) is 0.219. The Bertz CT molecular complexity index is 720. The van der Waals surface area contributed by atoms with Gasteiger partial charge >= 0.3 is 12.2 Å². The van der Waals surface area contributed by atoms with Gasteiger partial charge in [-0.25, -0.2) is 9.59 Å². The molecule has 0 atom stereocenters. The van der Waals surface area contributed by atoms with Crippen LogP contribution in [0.2, 0.25) is 0 Å². The molecular formula is C16H20N4O6S. The van der Waals surface area contributed by atoms with Gasteiger partial charge in [0.1, 0.15) is 6.42 Å². The molecule has 0 heterocycles. The highest BCUT2D eigenvalue weighted by molar-refractivity contribution is 7.98. The molecule has 1 rings (SSSR count). The second kappa shape index (κ2) is 11.5. The summed E-state index contributed by atoms with van der Waals surface area (Å²) in [6.07, 6.45) is -0.870. The molecule has 1 aromatic rings. The molecular weight excluding hydrogens is 376 g/mol. The fourth-order valence-corrected chi connectivity index (χ4v) is 2.03. The van der Waals surface area contributed by atoms with Crippen molar-refractivity contribution < 1.29 is 28.7 Å². The predicted octanol–water partition coefficient (Wildman–Crippen LogP) is 2.07. The highest BCUT2D eigenvalue weighted by Gasteiger charge is 2.16. The van der Waals surface area contributed by atoms with E-state index in [4.69, 9.17) is 4.74 Å². The molecule has 146 valence electrons. The predicted molar refractivity (Wildman–Crippen MR) is 99.4 cm³/mol. The van der Waals surface area contributed by atoms with Crippen LogP contribution < -0.4 is 16.1 Å². The third-order valence-corrected chi connectivity index (χ3v) is 3.50. The van der Waals surface area contributed by atoms with Crippen molar-refractivity contribution in [2.24, 2.45) is 5.10 Å². The maximum absolute atomic E-state index is 11.6. The van der Waals surface area contributed by atoms with Crippen molar-refractivity contribution in [2.45, 2.75) is 25.2 Å². The van der Waals surface area contributed by atoms with Gasteiger partial charge < -0.3 is 9.47 Å². The molecule has 27 heavy (non-hydrogen) atoms. The third-order valence-electron chi connectivity index (χ3n) is 2.75. The average molecular weight is 396 g/mol. The Labute approximate surface area is 160 Å². The fraction of sp³-hybridized carbons (Fsp3) is 0.312. The van der Waals surface area contributed by atoms with E-state index in [1.165, 1.54) is 6.92 Å². The Morgan fingerprint density at radius 1 is 1.04 bits per heavy atom. The fourth-order valence-electron chi connectivity index (χ4n) is 1.62. The number of imide groups is 2. The van der Waals surface area contributed by atoms with Crippen molar-refractivity contribution in [1.29, 1.82) is 0 Å². The van der Waals surface area contributed by atoms with E-state index >= 15 is 0 Å². The summed E-state index contributed by atoms with van der Waals surface area (Å²) in [5, 5.41) is 7.50. The van der Waals surface area contributed by atoms with E-state index in [1.807, 2.05) is 29.0 Å². The van der Waals surface area contributed by atoms with E-state index in [0.717, 1.165) is 4.90 Å². The maximum Gasteiger partial charge on any atom is 0.420 e. The lowest BCUT2D eigenvalue weighted by molar-refractivity contribution is -0.128. The maximum atomic E-state index is 11.6. The Hall–Kier alpha value is -3.08. The second-order valence-corrected chi connectivity index (χ2v) is 5.73. The van der Waals surface area contributed by atoms with Crippen molar-refractivity contribution in [2.75, 3.05) is 18.3 Å². The van der Waals surface area contributed by atoms with Crippen LogP contribution in [0, 0.1) is 0 Å². The van der Waals surface area contributed by atoms with Crippen LogP contribution in [0.25, 0.3) is 0 Å². The number of alkyl carbamates (subject to hydrolysis) is 2. The van der Waals surface area contributed by atoms with Crippen molar-refractivity contribution >= 4 is 47.3 Å². The lowest BCUT2D eigenvalue weighted by Gasteiger charge is -2.06. The zero-order chi connectivity index (χ0) is 20.2. The van der Waals surface area contributed by atoms with Gasteiger partial charge in [0.25, 0.3) is 0 Å². The summed E-state index contributed by atoms with van der Waals surface area (Å²) >= 11 is 1.60. The number of rotatable bonds is 6. The number of hydrogen-bond acceptors (Lipinski definition) is 9. The van der Waals surface area contributed by atoms with E-state index in [0.29, 0.717) is 5.69 Å². The number of nitrogens with zero attached hydrogens (tertiary/aromatic N) is 1. The molecule has 0 spiro atoms. The molecule has 1 aromatic carbocycles. The molecule has 0 radical (unpaired) electrons. The lowest BCUT2D eigenvalue weighted by Crippen LogP contribution is -2.38. The lowest BCUT2D eigenvalue weighted by atomic mass is 10.3. The molecule has 0 saturated heterocycles. The molecule has 0 aliphatic rings. The number of ether oxygens (including phenoxy) is 2. The van der Waals surface area contributed by atoms with Crippen LogP contribution in [0.1, 0.15) is 20.3 Å². The van der Waals surface area contributed by atoms with Gasteiger partial charge in [-0.15, -0.1) is 16.9 Å². The van der Waals surface area contributed by atoms with Gasteiger partial charge in [0.05, 0.1) is 12.3 Å². The van der Waals surface area contributed by atoms with Gasteiger partial charge in [-0.3, -0.25) is 25.6 Å². The molecule has 4 amide bonds. The first-order chi connectivity index (χ1) is 12.8. The number of carbonyl (C=O) groups is 4. The molecule has 0 bridgehead atoms. The summed E-state index contributed by atoms with van der Waals surface area (Å²) < 4.78 is 9.26. The Morgan fingerprint density at radius 3 is 2.19 bits per heavy atom. The van der Waals surface area contributed by atoms with Gasteiger partial charge in [-0.1, -0.05) is 0 Å². The number of hydrazone groups is 1. The van der Waals surface area contributed by atoms with Crippen molar-refractivity contribution in [3.8, 4) is 0 Å². The second-order valence-electron chi connectivity index (χ2n) is 4.85. The summed E-state index contributed by atoms with van der Waals surface area (Å²) in [4.78, 5) is 46.6. The minimum atomic E-state index is -1.11. The number of benzene rings is 1. The minimum absolute atomic E-state index is 0.0507. The Kier molecular flexibility index (Phi) is 9.37. The number of carbonyl (C=O) groups excluding carboxylic acids is 4. The van der Waals surface area contributed by atoms with Gasteiger partial charge in [0, 0.05) is 11.8 Å². The van der Waals surface area contributed by atoms with Gasteiger partial charge in [-0.05, 0) is 37.4 Å². The normalized spacial score (nSPS) is 10.6. The smallest absolute Gasteiger partial charge is 0.420 e. The van der Waals surface area contributed by atoms with E-state index in [-0.39, 0.29) is 12.5 Å². The number of nitrogens with one attached hydrogen (secondary N) is 3. The number of anilines is 1. The zero-order valence-electron chi connectivity index (χ0n) is 15.0. The summed E-state index contributed by atoms with van der Waals surface area (Å²) in [6.45, 7) is 3.04. The minimum Gasteiger partial charge on any atom is -0.450 e. The highest BCUT2D eigenvalue weighted by Crippen LogP contribution is 2.17. The van der Waals surface area contributed by atoms with Crippen LogP contribution >= 0.6 is 11.8 Å². The molecule has 0 fully saturated rings. The van der Waals surface area contributed by atoms with Crippen LogP contribution in [-0.2, 0) is 19.1 Å². The molecule has 0 saturated carbocycles. The van der Waals surface area contributed by atoms with Crippen LogP contribution in [0.3, 0.4) is 0 Å². The van der Waals surface area contributed by atoms with Crippen molar-refractivity contribution in [3.63, 3.8) is 0 Å².